The number of rotatable bonds is 4. The number of hydrogen-bond donors (Lipinski definition) is 1. The molecule has 1 heterocycles. The fourth-order valence-corrected chi connectivity index (χ4v) is 0.799. The zero-order valence-corrected chi connectivity index (χ0v) is 6.73. The molecule has 1 N–H and O–H groups in total. The second-order valence-corrected chi connectivity index (χ2v) is 2.30. The van der Waals surface area contributed by atoms with E-state index in [4.69, 9.17) is 0 Å². The summed E-state index contributed by atoms with van der Waals surface area (Å²) in [6.07, 6.45) is 6.52. The first-order chi connectivity index (χ1) is 5.83. The number of hydrogen-bond acceptors (Lipinski definition) is 2. The first kappa shape index (κ1) is 8.52. The molecule has 0 spiro atoms. The van der Waals surface area contributed by atoms with Gasteiger partial charge in [0.15, 0.2) is 0 Å². The molecule has 0 radical (unpaired) electrons. The van der Waals surface area contributed by atoms with E-state index in [0.29, 0.717) is 6.54 Å². The summed E-state index contributed by atoms with van der Waals surface area (Å²) in [5.74, 6) is -0.143. The molecule has 0 unspecified atom stereocenters. The van der Waals surface area contributed by atoms with Crippen LogP contribution in [0.4, 0.5) is 0 Å². The van der Waals surface area contributed by atoms with Crippen LogP contribution in [-0.4, -0.2) is 22.0 Å². The molecule has 0 atom stereocenters. The zero-order valence-electron chi connectivity index (χ0n) is 6.73. The first-order valence-electron chi connectivity index (χ1n) is 3.69. The summed E-state index contributed by atoms with van der Waals surface area (Å²) in [6.45, 7) is 4.68. The third-order valence-electron chi connectivity index (χ3n) is 1.41. The quantitative estimate of drug-likeness (QED) is 0.647. The number of nitrogens with one attached hydrogen (secondary N) is 1. The minimum atomic E-state index is -0.143. The number of amides is 1. The van der Waals surface area contributed by atoms with Crippen molar-refractivity contribution >= 4 is 5.91 Å². The van der Waals surface area contributed by atoms with E-state index in [2.05, 4.69) is 16.9 Å². The number of carbonyl (C=O) groups is 1. The summed E-state index contributed by atoms with van der Waals surface area (Å²) in [5.41, 5.74) is 0. The van der Waals surface area contributed by atoms with Crippen LogP contribution < -0.4 is 5.32 Å². The van der Waals surface area contributed by atoms with Crippen molar-refractivity contribution in [3.05, 3.63) is 31.4 Å². The second kappa shape index (κ2) is 4.33. The number of nitrogens with zero attached hydrogens (tertiary/aromatic N) is 2. The lowest BCUT2D eigenvalue weighted by molar-refractivity contribution is -0.116. The zero-order chi connectivity index (χ0) is 8.81. The van der Waals surface area contributed by atoms with Crippen LogP contribution in [0.5, 0.6) is 0 Å². The molecular formula is C8H11N3O. The van der Waals surface area contributed by atoms with E-state index in [9.17, 15) is 4.79 Å². The molecule has 1 aromatic rings. The van der Waals surface area contributed by atoms with Gasteiger partial charge in [-0.3, -0.25) is 4.79 Å². The minimum absolute atomic E-state index is 0.143. The summed E-state index contributed by atoms with van der Waals surface area (Å²) in [5, 5.41) is 2.66. The van der Waals surface area contributed by atoms with Crippen molar-refractivity contribution in [2.24, 2.45) is 0 Å². The average Bonchev–Trinajstić information content (AvgIpc) is 2.57. The van der Waals surface area contributed by atoms with E-state index in [-0.39, 0.29) is 5.91 Å². The molecule has 0 aliphatic heterocycles. The van der Waals surface area contributed by atoms with Crippen molar-refractivity contribution in [1.29, 1.82) is 0 Å². The number of aromatic nitrogens is 2. The molecule has 12 heavy (non-hydrogen) atoms. The SMILES string of the molecule is C=CC(=O)NCCn1ccnc1. The van der Waals surface area contributed by atoms with Gasteiger partial charge in [-0.2, -0.15) is 0 Å². The molecule has 1 rings (SSSR count). The number of imidazole rings is 1. The van der Waals surface area contributed by atoms with Gasteiger partial charge in [-0.05, 0) is 6.08 Å². The molecule has 1 aromatic heterocycles. The molecular weight excluding hydrogens is 154 g/mol. The topological polar surface area (TPSA) is 46.9 Å². The second-order valence-electron chi connectivity index (χ2n) is 2.30. The Labute approximate surface area is 70.9 Å². The lowest BCUT2D eigenvalue weighted by Gasteiger charge is -2.01. The molecule has 0 fully saturated rings. The maximum atomic E-state index is 10.7. The van der Waals surface area contributed by atoms with Crippen LogP contribution >= 0.6 is 0 Å². The molecule has 0 aromatic carbocycles. The van der Waals surface area contributed by atoms with Crippen LogP contribution in [0.1, 0.15) is 0 Å². The van der Waals surface area contributed by atoms with E-state index in [1.165, 1.54) is 6.08 Å². The van der Waals surface area contributed by atoms with Gasteiger partial charge in [0, 0.05) is 25.5 Å². The van der Waals surface area contributed by atoms with Gasteiger partial charge in [0.1, 0.15) is 0 Å². The highest BCUT2D eigenvalue weighted by molar-refractivity contribution is 5.86. The molecule has 4 nitrogen and oxygen atoms in total. The van der Waals surface area contributed by atoms with Gasteiger partial charge in [-0.1, -0.05) is 6.58 Å². The number of carbonyl (C=O) groups excluding carboxylic acids is 1. The van der Waals surface area contributed by atoms with Gasteiger partial charge in [0.2, 0.25) is 5.91 Å². The van der Waals surface area contributed by atoms with Crippen LogP contribution in [0.25, 0.3) is 0 Å². The van der Waals surface area contributed by atoms with E-state index in [1.807, 2.05) is 10.8 Å². The average molecular weight is 165 g/mol. The highest BCUT2D eigenvalue weighted by Crippen LogP contribution is 1.83. The van der Waals surface area contributed by atoms with Crippen molar-refractivity contribution in [2.75, 3.05) is 6.54 Å². The van der Waals surface area contributed by atoms with Gasteiger partial charge in [0.05, 0.1) is 6.33 Å². The lowest BCUT2D eigenvalue weighted by Crippen LogP contribution is -2.24. The molecule has 0 saturated carbocycles. The Morgan fingerprint density at radius 1 is 1.75 bits per heavy atom. The van der Waals surface area contributed by atoms with Crippen LogP contribution in [-0.2, 0) is 11.3 Å². The maximum absolute atomic E-state index is 10.7. The Morgan fingerprint density at radius 2 is 2.58 bits per heavy atom. The van der Waals surface area contributed by atoms with Crippen LogP contribution in [0, 0.1) is 0 Å². The Balaban J connectivity index is 2.19. The van der Waals surface area contributed by atoms with Gasteiger partial charge in [-0.25, -0.2) is 4.98 Å². The van der Waals surface area contributed by atoms with E-state index in [0.717, 1.165) is 6.54 Å². The first-order valence-corrected chi connectivity index (χ1v) is 3.69. The van der Waals surface area contributed by atoms with Crippen molar-refractivity contribution in [3.63, 3.8) is 0 Å². The van der Waals surface area contributed by atoms with Gasteiger partial charge in [0.25, 0.3) is 0 Å². The van der Waals surface area contributed by atoms with Crippen molar-refractivity contribution in [1.82, 2.24) is 14.9 Å². The highest BCUT2D eigenvalue weighted by Gasteiger charge is 1.92. The molecule has 1 amide bonds. The normalized spacial score (nSPS) is 9.33. The summed E-state index contributed by atoms with van der Waals surface area (Å²) >= 11 is 0. The Morgan fingerprint density at radius 3 is 3.17 bits per heavy atom. The molecule has 0 aliphatic carbocycles. The minimum Gasteiger partial charge on any atom is -0.351 e. The van der Waals surface area contributed by atoms with Crippen molar-refractivity contribution < 1.29 is 4.79 Å². The van der Waals surface area contributed by atoms with Gasteiger partial charge in [-0.15, -0.1) is 0 Å². The van der Waals surface area contributed by atoms with E-state index < -0.39 is 0 Å². The summed E-state index contributed by atoms with van der Waals surface area (Å²) in [4.78, 5) is 14.6. The third kappa shape index (κ3) is 2.57. The third-order valence-corrected chi connectivity index (χ3v) is 1.41. The van der Waals surface area contributed by atoms with E-state index in [1.54, 1.807) is 12.5 Å². The predicted molar refractivity (Wildman–Crippen MR) is 45.4 cm³/mol. The predicted octanol–water partition coefficient (Wildman–Crippen LogP) is 0.185. The van der Waals surface area contributed by atoms with Gasteiger partial charge >= 0.3 is 0 Å². The highest BCUT2D eigenvalue weighted by atomic mass is 16.1. The molecule has 0 saturated heterocycles. The Hall–Kier alpha value is -1.58. The molecule has 4 heteroatoms. The molecule has 0 aliphatic rings. The maximum Gasteiger partial charge on any atom is 0.243 e. The van der Waals surface area contributed by atoms with Crippen molar-refractivity contribution in [2.45, 2.75) is 6.54 Å². The summed E-state index contributed by atoms with van der Waals surface area (Å²) in [7, 11) is 0. The Kier molecular flexibility index (Phi) is 3.07. The van der Waals surface area contributed by atoms with Crippen LogP contribution in [0.3, 0.4) is 0 Å². The lowest BCUT2D eigenvalue weighted by atomic mass is 10.5. The summed E-state index contributed by atoms with van der Waals surface area (Å²) < 4.78 is 1.89. The summed E-state index contributed by atoms with van der Waals surface area (Å²) in [6, 6.07) is 0. The monoisotopic (exact) mass is 165 g/mol. The fraction of sp³-hybridized carbons (Fsp3) is 0.250. The molecule has 64 valence electrons. The largest absolute Gasteiger partial charge is 0.351 e. The van der Waals surface area contributed by atoms with Crippen LogP contribution in [0.2, 0.25) is 0 Å². The Bertz CT molecular complexity index is 253. The fourth-order valence-electron chi connectivity index (χ4n) is 0.799. The standard InChI is InChI=1S/C8H11N3O/c1-2-8(12)10-4-6-11-5-3-9-7-11/h2-3,5,7H,1,4,6H2,(H,10,12). The van der Waals surface area contributed by atoms with Gasteiger partial charge < -0.3 is 9.88 Å². The smallest absolute Gasteiger partial charge is 0.243 e. The molecule has 0 bridgehead atoms. The van der Waals surface area contributed by atoms with E-state index >= 15 is 0 Å². The van der Waals surface area contributed by atoms with Crippen LogP contribution in [0.15, 0.2) is 31.4 Å². The van der Waals surface area contributed by atoms with Crippen molar-refractivity contribution in [3.8, 4) is 0 Å².